The van der Waals surface area contributed by atoms with Gasteiger partial charge in [0.25, 0.3) is 0 Å². The molecule has 1 aliphatic rings. The van der Waals surface area contributed by atoms with Crippen LogP contribution in [0.2, 0.25) is 19.6 Å². The number of nitrogens with zero attached hydrogens (tertiary/aromatic N) is 3. The first kappa shape index (κ1) is 10.1. The van der Waals surface area contributed by atoms with Crippen LogP contribution in [0, 0.1) is 0 Å². The molecule has 1 rings (SSSR count). The van der Waals surface area contributed by atoms with Crippen LogP contribution in [0.3, 0.4) is 0 Å². The molecule has 0 aromatic rings. The van der Waals surface area contributed by atoms with Crippen LogP contribution in [0.5, 0.6) is 0 Å². The molecule has 0 amide bonds. The fourth-order valence-electron chi connectivity index (χ4n) is 1.52. The monoisotopic (exact) mass is 193 g/mol. The van der Waals surface area contributed by atoms with E-state index in [1.807, 2.05) is 6.08 Å². The zero-order valence-electron chi connectivity index (χ0n) is 8.36. The third kappa shape index (κ3) is 2.47. The van der Waals surface area contributed by atoms with Crippen molar-refractivity contribution in [2.24, 2.45) is 5.11 Å². The number of allylic oxidation sites excluding steroid dienone is 3. The van der Waals surface area contributed by atoms with Gasteiger partial charge in [-0.1, -0.05) is 48.6 Å². The normalized spacial score (nSPS) is 17.9. The minimum Gasteiger partial charge on any atom is -0.0892 e. The van der Waals surface area contributed by atoms with Crippen LogP contribution in [0.1, 0.15) is 6.42 Å². The molecule has 1 unspecified atom stereocenters. The van der Waals surface area contributed by atoms with Gasteiger partial charge in [-0.15, -0.1) is 0 Å². The van der Waals surface area contributed by atoms with E-state index in [-0.39, 0.29) is 5.67 Å². The summed E-state index contributed by atoms with van der Waals surface area (Å²) < 4.78 is 0. The van der Waals surface area contributed by atoms with Gasteiger partial charge in [-0.3, -0.25) is 0 Å². The summed E-state index contributed by atoms with van der Waals surface area (Å²) in [5, 5.41) is 3.91. The van der Waals surface area contributed by atoms with Crippen molar-refractivity contribution in [3.05, 3.63) is 34.2 Å². The molecular weight excluding hydrogens is 178 g/mol. The number of hydrogen-bond acceptors (Lipinski definition) is 1. The summed E-state index contributed by atoms with van der Waals surface area (Å²) in [4.78, 5) is 2.94. The first-order valence-corrected chi connectivity index (χ1v) is 8.03. The highest BCUT2D eigenvalue weighted by Crippen LogP contribution is 2.25. The summed E-state index contributed by atoms with van der Waals surface area (Å²) in [5.74, 6) is 0. The summed E-state index contributed by atoms with van der Waals surface area (Å²) in [6.45, 7) is 6.68. The van der Waals surface area contributed by atoms with Gasteiger partial charge in [-0.05, 0) is 12.0 Å². The van der Waals surface area contributed by atoms with Crippen LogP contribution < -0.4 is 0 Å². The molecule has 1 aliphatic carbocycles. The predicted molar refractivity (Wildman–Crippen MR) is 58.1 cm³/mol. The second-order valence-corrected chi connectivity index (χ2v) is 9.63. The van der Waals surface area contributed by atoms with E-state index in [0.29, 0.717) is 0 Å². The largest absolute Gasteiger partial charge is 0.0892 e. The Morgan fingerprint density at radius 1 is 1.54 bits per heavy atom. The highest BCUT2D eigenvalue weighted by atomic mass is 28.3. The maximum absolute atomic E-state index is 8.49. The van der Waals surface area contributed by atoms with Gasteiger partial charge in [0.15, 0.2) is 0 Å². The average Bonchev–Trinajstić information content (AvgIpc) is 2.49. The van der Waals surface area contributed by atoms with E-state index < -0.39 is 8.07 Å². The molecule has 0 heterocycles. The molecule has 0 saturated carbocycles. The van der Waals surface area contributed by atoms with Crippen molar-refractivity contribution in [3.8, 4) is 0 Å². The van der Waals surface area contributed by atoms with E-state index in [1.165, 1.54) is 5.57 Å². The Hall–Kier alpha value is -0.993. The highest BCUT2D eigenvalue weighted by molar-refractivity contribution is 6.78. The molecule has 0 radical (unpaired) electrons. The topological polar surface area (TPSA) is 48.8 Å². The van der Waals surface area contributed by atoms with Crippen LogP contribution in [-0.4, -0.2) is 13.7 Å². The molecular formula is C9H15N3Si. The van der Waals surface area contributed by atoms with Crippen molar-refractivity contribution in [2.75, 3.05) is 0 Å². The van der Waals surface area contributed by atoms with Crippen molar-refractivity contribution < 1.29 is 0 Å². The fourth-order valence-corrected chi connectivity index (χ4v) is 3.25. The minimum atomic E-state index is -1.40. The molecule has 0 aliphatic heterocycles. The summed E-state index contributed by atoms with van der Waals surface area (Å²) in [5.41, 5.74) is 9.89. The Morgan fingerprint density at radius 2 is 2.23 bits per heavy atom. The van der Waals surface area contributed by atoms with E-state index in [4.69, 9.17) is 5.53 Å². The van der Waals surface area contributed by atoms with Gasteiger partial charge < -0.3 is 0 Å². The molecule has 0 N–H and O–H groups in total. The Balaban J connectivity index is 2.86. The molecule has 0 aromatic carbocycles. The van der Waals surface area contributed by atoms with Crippen LogP contribution in [0.15, 0.2) is 28.9 Å². The lowest BCUT2D eigenvalue weighted by molar-refractivity contribution is 0.949. The summed E-state index contributed by atoms with van der Waals surface area (Å²) in [6, 6.07) is 0. The molecule has 0 bridgehead atoms. The average molecular weight is 193 g/mol. The quantitative estimate of drug-likeness (QED) is 0.285. The smallest absolute Gasteiger partial charge is 0.0594 e. The fraction of sp³-hybridized carbons (Fsp3) is 0.556. The van der Waals surface area contributed by atoms with Gasteiger partial charge >= 0.3 is 0 Å². The van der Waals surface area contributed by atoms with E-state index in [1.54, 1.807) is 0 Å². The van der Waals surface area contributed by atoms with Crippen molar-refractivity contribution in [1.82, 2.24) is 0 Å². The lowest BCUT2D eigenvalue weighted by Crippen LogP contribution is -2.37. The van der Waals surface area contributed by atoms with Gasteiger partial charge in [0.2, 0.25) is 0 Å². The standard InChI is InChI=1S/C9H15N3Si/c1-13(2,3)9(11-12-10)8-6-4-5-7-8/h4-6,9H,7H2,1-3H3. The van der Waals surface area contributed by atoms with Crippen LogP contribution in [-0.2, 0) is 0 Å². The highest BCUT2D eigenvalue weighted by Gasteiger charge is 2.28. The third-order valence-corrected chi connectivity index (χ3v) is 4.27. The lowest BCUT2D eigenvalue weighted by Gasteiger charge is -2.25. The molecule has 4 heteroatoms. The van der Waals surface area contributed by atoms with Gasteiger partial charge in [0.1, 0.15) is 0 Å². The molecule has 0 spiro atoms. The first-order chi connectivity index (χ1) is 6.05. The van der Waals surface area contributed by atoms with Gasteiger partial charge in [0, 0.05) is 4.91 Å². The van der Waals surface area contributed by atoms with Crippen molar-refractivity contribution in [2.45, 2.75) is 31.7 Å². The van der Waals surface area contributed by atoms with Crippen molar-refractivity contribution in [1.29, 1.82) is 0 Å². The zero-order valence-corrected chi connectivity index (χ0v) is 9.36. The third-order valence-electron chi connectivity index (χ3n) is 2.14. The summed E-state index contributed by atoms with van der Waals surface area (Å²) >= 11 is 0. The Bertz CT molecular complexity index is 292. The number of azide groups is 1. The van der Waals surface area contributed by atoms with Crippen LogP contribution in [0.25, 0.3) is 10.4 Å². The Kier molecular flexibility index (Phi) is 2.96. The summed E-state index contributed by atoms with van der Waals surface area (Å²) in [6.07, 6.45) is 7.18. The maximum Gasteiger partial charge on any atom is 0.0594 e. The number of rotatable bonds is 3. The van der Waals surface area contributed by atoms with E-state index >= 15 is 0 Å². The van der Waals surface area contributed by atoms with Crippen LogP contribution in [0.4, 0.5) is 0 Å². The minimum absolute atomic E-state index is 0.118. The van der Waals surface area contributed by atoms with Gasteiger partial charge in [0.05, 0.1) is 13.7 Å². The molecule has 0 saturated heterocycles. The first-order valence-electron chi connectivity index (χ1n) is 4.45. The van der Waals surface area contributed by atoms with Crippen molar-refractivity contribution in [3.63, 3.8) is 0 Å². The van der Waals surface area contributed by atoms with E-state index in [9.17, 15) is 0 Å². The molecule has 3 nitrogen and oxygen atoms in total. The Labute approximate surface area is 79.8 Å². The molecule has 0 fully saturated rings. The van der Waals surface area contributed by atoms with E-state index in [2.05, 4.69) is 41.8 Å². The number of hydrogen-bond donors (Lipinski definition) is 0. The maximum atomic E-state index is 8.49. The van der Waals surface area contributed by atoms with Crippen molar-refractivity contribution >= 4 is 8.07 Å². The molecule has 1 atom stereocenters. The summed E-state index contributed by atoms with van der Waals surface area (Å²) in [7, 11) is -1.40. The lowest BCUT2D eigenvalue weighted by atomic mass is 10.2. The van der Waals surface area contributed by atoms with Gasteiger partial charge in [-0.2, -0.15) is 0 Å². The van der Waals surface area contributed by atoms with Crippen LogP contribution >= 0.6 is 0 Å². The molecule has 70 valence electrons. The van der Waals surface area contributed by atoms with E-state index in [0.717, 1.165) is 6.42 Å². The SMILES string of the molecule is C[Si](C)(C)C(N=[N+]=[N-])C1=CC=CC1. The predicted octanol–water partition coefficient (Wildman–Crippen LogP) is 3.43. The zero-order chi connectivity index (χ0) is 9.90. The Morgan fingerprint density at radius 3 is 2.62 bits per heavy atom. The molecule has 13 heavy (non-hydrogen) atoms. The van der Waals surface area contributed by atoms with Gasteiger partial charge in [-0.25, -0.2) is 0 Å². The second-order valence-electron chi connectivity index (χ2n) is 4.35. The molecule has 0 aromatic heterocycles. The second kappa shape index (κ2) is 3.81.